The Kier molecular flexibility index (Phi) is 4.01. The van der Waals surface area contributed by atoms with Gasteiger partial charge in [0.25, 0.3) is 0 Å². The van der Waals surface area contributed by atoms with Gasteiger partial charge in [0.1, 0.15) is 4.60 Å². The standard InChI is InChI=1S/C12H9BrClF2N3/c1-3-7(15)8(16)4-9-6(2)19-10(13)5-17-12(19)11(14)18-9/h3-5H,1-2H3/b7-3+,8-4+. The molecule has 7 heteroatoms. The van der Waals surface area contributed by atoms with Gasteiger partial charge in [0.2, 0.25) is 0 Å². The van der Waals surface area contributed by atoms with Gasteiger partial charge in [-0.25, -0.2) is 18.7 Å². The van der Waals surface area contributed by atoms with E-state index >= 15 is 0 Å². The van der Waals surface area contributed by atoms with Crippen molar-refractivity contribution in [1.29, 1.82) is 0 Å². The summed E-state index contributed by atoms with van der Waals surface area (Å²) < 4.78 is 29.0. The number of aryl methyl sites for hydroxylation is 1. The molecule has 100 valence electrons. The smallest absolute Gasteiger partial charge is 0.176 e. The van der Waals surface area contributed by atoms with E-state index in [2.05, 4.69) is 25.9 Å². The van der Waals surface area contributed by atoms with Crippen LogP contribution in [0.2, 0.25) is 5.15 Å². The summed E-state index contributed by atoms with van der Waals surface area (Å²) in [4.78, 5) is 8.09. The molecule has 19 heavy (non-hydrogen) atoms. The van der Waals surface area contributed by atoms with Crippen molar-refractivity contribution in [3.63, 3.8) is 0 Å². The number of allylic oxidation sites excluding steroid dienone is 3. The third kappa shape index (κ3) is 2.55. The molecule has 0 spiro atoms. The van der Waals surface area contributed by atoms with Crippen LogP contribution >= 0.6 is 27.5 Å². The van der Waals surface area contributed by atoms with Crippen molar-refractivity contribution < 1.29 is 8.78 Å². The van der Waals surface area contributed by atoms with Crippen LogP contribution in [0, 0.1) is 6.92 Å². The van der Waals surface area contributed by atoms with Gasteiger partial charge in [0.15, 0.2) is 22.5 Å². The predicted molar refractivity (Wildman–Crippen MR) is 74.4 cm³/mol. The molecule has 0 aromatic carbocycles. The van der Waals surface area contributed by atoms with Crippen LogP contribution in [0.5, 0.6) is 0 Å². The Morgan fingerprint density at radius 1 is 1.42 bits per heavy atom. The van der Waals surface area contributed by atoms with E-state index in [1.807, 2.05) is 0 Å². The summed E-state index contributed by atoms with van der Waals surface area (Å²) in [5.74, 6) is -1.94. The molecule has 0 aliphatic heterocycles. The molecule has 0 saturated heterocycles. The lowest BCUT2D eigenvalue weighted by Crippen LogP contribution is -2.00. The van der Waals surface area contributed by atoms with Gasteiger partial charge in [-0.15, -0.1) is 0 Å². The van der Waals surface area contributed by atoms with Gasteiger partial charge in [-0.05, 0) is 35.9 Å². The maximum atomic E-state index is 13.5. The Bertz CT molecular complexity index is 707. The van der Waals surface area contributed by atoms with Crippen LogP contribution in [0.25, 0.3) is 11.7 Å². The number of aromatic nitrogens is 3. The molecule has 0 aliphatic rings. The van der Waals surface area contributed by atoms with Crippen molar-refractivity contribution in [3.8, 4) is 0 Å². The Morgan fingerprint density at radius 3 is 2.74 bits per heavy atom. The molecular weight excluding hydrogens is 340 g/mol. The summed E-state index contributed by atoms with van der Waals surface area (Å²) in [7, 11) is 0. The van der Waals surface area contributed by atoms with Crippen molar-refractivity contribution in [2.45, 2.75) is 13.8 Å². The van der Waals surface area contributed by atoms with E-state index in [0.717, 1.165) is 12.2 Å². The Balaban J connectivity index is 2.69. The molecule has 2 heterocycles. The topological polar surface area (TPSA) is 30.2 Å². The van der Waals surface area contributed by atoms with Crippen LogP contribution in [-0.2, 0) is 0 Å². The average molecular weight is 349 g/mol. The van der Waals surface area contributed by atoms with E-state index in [9.17, 15) is 8.78 Å². The molecule has 0 atom stereocenters. The molecule has 0 saturated carbocycles. The van der Waals surface area contributed by atoms with Crippen molar-refractivity contribution in [2.24, 2.45) is 0 Å². The SMILES string of the molecule is C/C=C(F)\C(F)=C/c1nc(Cl)c2ncc(Br)n2c1C. The number of fused-ring (bicyclic) bond motifs is 1. The number of halogens is 4. The third-order valence-electron chi connectivity index (χ3n) is 2.57. The van der Waals surface area contributed by atoms with Crippen LogP contribution < -0.4 is 0 Å². The summed E-state index contributed by atoms with van der Waals surface area (Å²) in [6, 6.07) is 0. The van der Waals surface area contributed by atoms with Crippen molar-refractivity contribution in [1.82, 2.24) is 14.4 Å². The second-order valence-electron chi connectivity index (χ2n) is 3.74. The quantitative estimate of drug-likeness (QED) is 0.740. The first kappa shape index (κ1) is 14.1. The molecule has 0 bridgehead atoms. The van der Waals surface area contributed by atoms with Crippen LogP contribution in [0.1, 0.15) is 18.3 Å². The minimum atomic E-state index is -0.996. The van der Waals surface area contributed by atoms with Crippen molar-refractivity contribution >= 4 is 39.3 Å². The zero-order valence-corrected chi connectivity index (χ0v) is 12.4. The fourth-order valence-corrected chi connectivity index (χ4v) is 2.37. The number of imidazole rings is 1. The van der Waals surface area contributed by atoms with Crippen LogP contribution in [0.3, 0.4) is 0 Å². The summed E-state index contributed by atoms with van der Waals surface area (Å²) in [5, 5.41) is 0.122. The number of rotatable bonds is 2. The molecule has 0 amide bonds. The van der Waals surface area contributed by atoms with E-state index in [1.54, 1.807) is 17.5 Å². The van der Waals surface area contributed by atoms with Gasteiger partial charge in [-0.1, -0.05) is 11.6 Å². The highest BCUT2D eigenvalue weighted by Crippen LogP contribution is 2.25. The molecule has 0 fully saturated rings. The van der Waals surface area contributed by atoms with E-state index in [0.29, 0.717) is 15.9 Å². The minimum absolute atomic E-state index is 0.122. The van der Waals surface area contributed by atoms with E-state index in [-0.39, 0.29) is 10.8 Å². The number of hydrogen-bond donors (Lipinski definition) is 0. The Morgan fingerprint density at radius 2 is 2.11 bits per heavy atom. The third-order valence-corrected chi connectivity index (χ3v) is 3.39. The molecule has 0 aliphatic carbocycles. The molecule has 2 aromatic heterocycles. The molecule has 3 nitrogen and oxygen atoms in total. The van der Waals surface area contributed by atoms with E-state index in [1.165, 1.54) is 6.92 Å². The second-order valence-corrected chi connectivity index (χ2v) is 4.91. The molecule has 2 aromatic rings. The summed E-state index contributed by atoms with van der Waals surface area (Å²) in [5.41, 5.74) is 1.30. The molecule has 0 radical (unpaired) electrons. The second kappa shape index (κ2) is 5.38. The largest absolute Gasteiger partial charge is 0.287 e. The summed E-state index contributed by atoms with van der Waals surface area (Å²) in [6.07, 6.45) is 3.60. The van der Waals surface area contributed by atoms with Crippen LogP contribution in [-0.4, -0.2) is 14.4 Å². The molecule has 0 unspecified atom stereocenters. The average Bonchev–Trinajstić information content (AvgIpc) is 2.77. The first-order valence-corrected chi connectivity index (χ1v) is 6.51. The van der Waals surface area contributed by atoms with Crippen LogP contribution in [0.4, 0.5) is 8.78 Å². The van der Waals surface area contributed by atoms with Crippen LogP contribution in [0.15, 0.2) is 28.5 Å². The molecule has 2 rings (SSSR count). The van der Waals surface area contributed by atoms with Gasteiger partial charge >= 0.3 is 0 Å². The maximum Gasteiger partial charge on any atom is 0.176 e. The van der Waals surface area contributed by atoms with Gasteiger partial charge in [0.05, 0.1) is 11.9 Å². The first-order valence-electron chi connectivity index (χ1n) is 5.34. The summed E-state index contributed by atoms with van der Waals surface area (Å²) in [6.45, 7) is 3.13. The number of hydrogen-bond acceptors (Lipinski definition) is 2. The van der Waals surface area contributed by atoms with Crippen molar-refractivity contribution in [3.05, 3.63) is 45.1 Å². The molecular formula is C12H9BrClF2N3. The van der Waals surface area contributed by atoms with Gasteiger partial charge in [0, 0.05) is 11.8 Å². The fourth-order valence-electron chi connectivity index (χ4n) is 1.61. The van der Waals surface area contributed by atoms with Gasteiger partial charge < -0.3 is 0 Å². The Hall–Kier alpha value is -1.27. The highest BCUT2D eigenvalue weighted by molar-refractivity contribution is 9.10. The zero-order chi connectivity index (χ0) is 14.2. The highest BCUT2D eigenvalue weighted by Gasteiger charge is 2.13. The van der Waals surface area contributed by atoms with E-state index < -0.39 is 11.7 Å². The van der Waals surface area contributed by atoms with Gasteiger partial charge in [-0.3, -0.25) is 4.40 Å². The monoisotopic (exact) mass is 347 g/mol. The van der Waals surface area contributed by atoms with E-state index in [4.69, 9.17) is 11.6 Å². The first-order chi connectivity index (χ1) is 8.95. The molecule has 0 N–H and O–H groups in total. The number of nitrogens with zero attached hydrogens (tertiary/aromatic N) is 3. The lowest BCUT2D eigenvalue weighted by atomic mass is 10.2. The van der Waals surface area contributed by atoms with Gasteiger partial charge in [-0.2, -0.15) is 0 Å². The highest BCUT2D eigenvalue weighted by atomic mass is 79.9. The lowest BCUT2D eigenvalue weighted by Gasteiger charge is -2.06. The summed E-state index contributed by atoms with van der Waals surface area (Å²) >= 11 is 9.28. The zero-order valence-electron chi connectivity index (χ0n) is 10.1. The lowest BCUT2D eigenvalue weighted by molar-refractivity contribution is 0.548. The Labute approximate surface area is 121 Å². The minimum Gasteiger partial charge on any atom is -0.287 e. The predicted octanol–water partition coefficient (Wildman–Crippen LogP) is 4.64. The maximum absolute atomic E-state index is 13.5. The normalized spacial score (nSPS) is 13.4. The fraction of sp³-hybridized carbons (Fsp3) is 0.167. The van der Waals surface area contributed by atoms with Crippen molar-refractivity contribution in [2.75, 3.05) is 0 Å².